The Kier molecular flexibility index (Phi) is 4.77. The lowest BCUT2D eigenvalue weighted by molar-refractivity contribution is 0.0548. The summed E-state index contributed by atoms with van der Waals surface area (Å²) in [6.45, 7) is 4.86. The minimum Gasteiger partial charge on any atom is -0.336 e. The zero-order chi connectivity index (χ0) is 18.1. The third-order valence-corrected chi connectivity index (χ3v) is 5.80. The molecule has 2 aromatic carbocycles. The highest BCUT2D eigenvalue weighted by molar-refractivity contribution is 5.94. The van der Waals surface area contributed by atoms with Crippen molar-refractivity contribution in [3.63, 3.8) is 0 Å². The van der Waals surface area contributed by atoms with Gasteiger partial charge in [0.25, 0.3) is 5.91 Å². The highest BCUT2D eigenvalue weighted by atomic mass is 19.1. The number of aryl methyl sites for hydroxylation is 2. The Morgan fingerprint density at radius 2 is 1.85 bits per heavy atom. The Morgan fingerprint density at radius 1 is 1.08 bits per heavy atom. The van der Waals surface area contributed by atoms with Gasteiger partial charge in [-0.25, -0.2) is 4.39 Å². The number of benzene rings is 2. The molecule has 0 saturated carbocycles. The number of hydrogen-bond acceptors (Lipinski definition) is 2. The topological polar surface area (TPSA) is 23.6 Å². The predicted octanol–water partition coefficient (Wildman–Crippen LogP) is 3.97. The molecular formula is C22H25FN2O. The van der Waals surface area contributed by atoms with Crippen LogP contribution in [-0.4, -0.2) is 41.9 Å². The Bertz CT molecular complexity index is 812. The summed E-state index contributed by atoms with van der Waals surface area (Å²) in [6, 6.07) is 14.0. The first kappa shape index (κ1) is 17.2. The van der Waals surface area contributed by atoms with Crippen LogP contribution in [0, 0.1) is 12.7 Å². The van der Waals surface area contributed by atoms with Crippen molar-refractivity contribution in [3.05, 3.63) is 70.5 Å². The number of amides is 1. The van der Waals surface area contributed by atoms with E-state index in [0.29, 0.717) is 30.3 Å². The van der Waals surface area contributed by atoms with Crippen molar-refractivity contribution in [2.45, 2.75) is 32.2 Å². The molecule has 0 unspecified atom stereocenters. The number of carbonyl (C=O) groups is 1. The van der Waals surface area contributed by atoms with Crippen molar-refractivity contribution in [1.29, 1.82) is 0 Å². The molecule has 4 heteroatoms. The lowest BCUT2D eigenvalue weighted by atomic mass is 9.86. The summed E-state index contributed by atoms with van der Waals surface area (Å²) in [6.07, 6.45) is 3.59. The second kappa shape index (κ2) is 7.20. The summed E-state index contributed by atoms with van der Waals surface area (Å²) in [5, 5.41) is 0. The highest BCUT2D eigenvalue weighted by Crippen LogP contribution is 2.34. The molecule has 1 fully saturated rings. The minimum absolute atomic E-state index is 0.0624. The van der Waals surface area contributed by atoms with Gasteiger partial charge in [-0.05, 0) is 55.0 Å². The third kappa shape index (κ3) is 3.26. The van der Waals surface area contributed by atoms with E-state index >= 15 is 0 Å². The van der Waals surface area contributed by atoms with Gasteiger partial charge in [-0.3, -0.25) is 9.69 Å². The van der Waals surface area contributed by atoms with Crippen LogP contribution in [0.1, 0.15) is 45.9 Å². The van der Waals surface area contributed by atoms with Crippen LogP contribution in [0.2, 0.25) is 0 Å². The van der Waals surface area contributed by atoms with Gasteiger partial charge in [-0.2, -0.15) is 0 Å². The summed E-state index contributed by atoms with van der Waals surface area (Å²) in [5.74, 6) is -0.374. The van der Waals surface area contributed by atoms with Gasteiger partial charge < -0.3 is 4.90 Å². The van der Waals surface area contributed by atoms with Gasteiger partial charge in [0.2, 0.25) is 0 Å². The molecule has 1 amide bonds. The molecule has 1 heterocycles. The summed E-state index contributed by atoms with van der Waals surface area (Å²) in [5.41, 5.74) is 3.95. The second-order valence-electron chi connectivity index (χ2n) is 7.40. The van der Waals surface area contributed by atoms with E-state index in [1.54, 1.807) is 19.1 Å². The van der Waals surface area contributed by atoms with Gasteiger partial charge in [-0.1, -0.05) is 30.3 Å². The summed E-state index contributed by atoms with van der Waals surface area (Å²) in [7, 11) is 0. The van der Waals surface area contributed by atoms with Crippen LogP contribution < -0.4 is 0 Å². The number of hydrogen-bond donors (Lipinski definition) is 0. The molecule has 2 aliphatic rings. The molecule has 26 heavy (non-hydrogen) atoms. The van der Waals surface area contributed by atoms with Gasteiger partial charge in [0, 0.05) is 37.8 Å². The summed E-state index contributed by atoms with van der Waals surface area (Å²) < 4.78 is 13.8. The number of rotatable bonds is 2. The van der Waals surface area contributed by atoms with Crippen LogP contribution >= 0.6 is 0 Å². The lowest BCUT2D eigenvalue weighted by Gasteiger charge is -2.41. The Morgan fingerprint density at radius 3 is 2.62 bits per heavy atom. The fourth-order valence-corrected chi connectivity index (χ4v) is 4.25. The molecule has 1 saturated heterocycles. The van der Waals surface area contributed by atoms with Crippen LogP contribution in [-0.2, 0) is 6.42 Å². The minimum atomic E-state index is -0.312. The molecule has 3 nitrogen and oxygen atoms in total. The average Bonchev–Trinajstić information content (AvgIpc) is 2.69. The van der Waals surface area contributed by atoms with E-state index in [2.05, 4.69) is 29.2 Å². The number of piperazine rings is 1. The summed E-state index contributed by atoms with van der Waals surface area (Å²) >= 11 is 0. The molecule has 0 spiro atoms. The molecule has 0 radical (unpaired) electrons. The maximum atomic E-state index is 13.8. The van der Waals surface area contributed by atoms with E-state index in [1.165, 1.54) is 36.5 Å². The first-order valence-corrected chi connectivity index (χ1v) is 9.51. The molecule has 0 bridgehead atoms. The Balaban J connectivity index is 1.43. The van der Waals surface area contributed by atoms with Gasteiger partial charge in [0.15, 0.2) is 0 Å². The van der Waals surface area contributed by atoms with E-state index in [-0.39, 0.29) is 11.7 Å². The van der Waals surface area contributed by atoms with Crippen LogP contribution in [0.25, 0.3) is 0 Å². The molecule has 1 aliphatic carbocycles. The van der Waals surface area contributed by atoms with Crippen molar-refractivity contribution < 1.29 is 9.18 Å². The van der Waals surface area contributed by atoms with Gasteiger partial charge in [0.05, 0.1) is 0 Å². The predicted molar refractivity (Wildman–Crippen MR) is 101 cm³/mol. The fourth-order valence-electron chi connectivity index (χ4n) is 4.25. The van der Waals surface area contributed by atoms with Gasteiger partial charge >= 0.3 is 0 Å². The van der Waals surface area contributed by atoms with Crippen molar-refractivity contribution >= 4 is 5.91 Å². The van der Waals surface area contributed by atoms with Crippen LogP contribution in [0.15, 0.2) is 42.5 Å². The number of nitrogens with zero attached hydrogens (tertiary/aromatic N) is 2. The summed E-state index contributed by atoms with van der Waals surface area (Å²) in [4.78, 5) is 17.1. The molecule has 4 rings (SSSR count). The van der Waals surface area contributed by atoms with Crippen molar-refractivity contribution in [1.82, 2.24) is 9.80 Å². The molecule has 1 aliphatic heterocycles. The van der Waals surface area contributed by atoms with E-state index in [9.17, 15) is 9.18 Å². The maximum absolute atomic E-state index is 13.8. The monoisotopic (exact) mass is 352 g/mol. The molecule has 2 aromatic rings. The van der Waals surface area contributed by atoms with E-state index in [4.69, 9.17) is 0 Å². The van der Waals surface area contributed by atoms with Crippen LogP contribution in [0.4, 0.5) is 4.39 Å². The number of halogens is 1. The molecule has 0 N–H and O–H groups in total. The van der Waals surface area contributed by atoms with Gasteiger partial charge in [-0.15, -0.1) is 0 Å². The van der Waals surface area contributed by atoms with Crippen molar-refractivity contribution in [2.75, 3.05) is 26.2 Å². The quantitative estimate of drug-likeness (QED) is 0.816. The van der Waals surface area contributed by atoms with E-state index in [0.717, 1.165) is 13.1 Å². The molecule has 0 aromatic heterocycles. The van der Waals surface area contributed by atoms with Crippen LogP contribution in [0.3, 0.4) is 0 Å². The Labute approximate surface area is 154 Å². The number of fused-ring (bicyclic) bond motifs is 1. The first-order chi connectivity index (χ1) is 12.6. The average molecular weight is 352 g/mol. The van der Waals surface area contributed by atoms with Crippen LogP contribution in [0.5, 0.6) is 0 Å². The fraction of sp³-hybridized carbons (Fsp3) is 0.409. The first-order valence-electron chi connectivity index (χ1n) is 9.51. The smallest absolute Gasteiger partial charge is 0.254 e. The molecule has 136 valence electrons. The maximum Gasteiger partial charge on any atom is 0.254 e. The third-order valence-electron chi connectivity index (χ3n) is 5.80. The lowest BCUT2D eigenvalue weighted by Crippen LogP contribution is -2.50. The Hall–Kier alpha value is -2.20. The normalized spacial score (nSPS) is 20.7. The van der Waals surface area contributed by atoms with E-state index < -0.39 is 0 Å². The van der Waals surface area contributed by atoms with Crippen molar-refractivity contribution in [3.8, 4) is 0 Å². The van der Waals surface area contributed by atoms with Crippen molar-refractivity contribution in [2.24, 2.45) is 0 Å². The SMILES string of the molecule is Cc1ccc(C(=O)N2CCN([C@@H]3CCCc4ccccc43)CC2)cc1F. The zero-order valence-electron chi connectivity index (χ0n) is 15.2. The van der Waals surface area contributed by atoms with Gasteiger partial charge in [0.1, 0.15) is 5.82 Å². The zero-order valence-corrected chi connectivity index (χ0v) is 15.2. The number of carbonyl (C=O) groups excluding carboxylic acids is 1. The largest absolute Gasteiger partial charge is 0.336 e. The second-order valence-corrected chi connectivity index (χ2v) is 7.40. The molecule has 1 atom stereocenters. The standard InChI is InChI=1S/C22H25FN2O/c1-16-9-10-18(15-20(16)23)22(26)25-13-11-24(12-14-25)21-8-4-6-17-5-2-3-7-19(17)21/h2-3,5,7,9-10,15,21H,4,6,8,11-14H2,1H3/t21-/m1/s1. The molecular weight excluding hydrogens is 327 g/mol. The highest BCUT2D eigenvalue weighted by Gasteiger charge is 2.30. The van der Waals surface area contributed by atoms with E-state index in [1.807, 2.05) is 4.90 Å².